The molecule has 0 bridgehead atoms. The maximum absolute atomic E-state index is 12.0. The molecule has 280 valence electrons. The van der Waals surface area contributed by atoms with E-state index < -0.39 is 26.5 Å². The minimum Gasteiger partial charge on any atom is -0.463 e. The fourth-order valence-electron chi connectivity index (χ4n) is 5.56. The highest BCUT2D eigenvalue weighted by molar-refractivity contribution is 7.47. The average Bonchev–Trinajstić information content (AvgIpc) is 3.05. The van der Waals surface area contributed by atoms with Crippen molar-refractivity contribution in [3.63, 3.8) is 0 Å². The Bertz CT molecular complexity index is 754. The van der Waals surface area contributed by atoms with Crippen molar-refractivity contribution in [3.8, 4) is 0 Å². The zero-order valence-electron chi connectivity index (χ0n) is 30.5. The number of carbonyl (C=O) groups excluding carboxylic acids is 2. The molecule has 0 aromatic carbocycles. The third kappa shape index (κ3) is 36.1. The van der Waals surface area contributed by atoms with Crippen LogP contribution in [0.2, 0.25) is 0 Å². The molecule has 0 aliphatic heterocycles. The van der Waals surface area contributed by atoms with Gasteiger partial charge in [0.05, 0.1) is 13.2 Å². The summed E-state index contributed by atoms with van der Waals surface area (Å²) < 4.78 is 26.7. The predicted octanol–water partition coefficient (Wildman–Crippen LogP) is 10.1. The number of phosphoric ester groups is 1. The first-order valence-electron chi connectivity index (χ1n) is 19.5. The molecule has 0 heterocycles. The quantitative estimate of drug-likeness (QED) is 0.0333. The molecule has 1 amide bonds. The lowest BCUT2D eigenvalue weighted by Gasteiger charge is -2.15. The van der Waals surface area contributed by atoms with Gasteiger partial charge in [-0.15, -0.1) is 0 Å². The van der Waals surface area contributed by atoms with Crippen LogP contribution in [-0.4, -0.2) is 54.3 Å². The van der Waals surface area contributed by atoms with Crippen LogP contribution in [0.5, 0.6) is 0 Å². The number of phosphoric acid groups is 1. The molecular weight excluding hydrogens is 617 g/mol. The summed E-state index contributed by atoms with van der Waals surface area (Å²) in [7, 11) is -4.40. The lowest BCUT2D eigenvalue weighted by Crippen LogP contribution is -2.27. The number of carbonyl (C=O) groups is 2. The molecule has 0 saturated heterocycles. The van der Waals surface area contributed by atoms with Crippen molar-refractivity contribution in [1.82, 2.24) is 5.32 Å². The fraction of sp³-hybridized carbons (Fsp3) is 0.946. The van der Waals surface area contributed by atoms with Gasteiger partial charge >= 0.3 is 13.8 Å². The molecule has 3 N–H and O–H groups in total. The summed E-state index contributed by atoms with van der Waals surface area (Å²) in [6.07, 6.45) is 31.8. The van der Waals surface area contributed by atoms with E-state index in [4.69, 9.17) is 13.8 Å². The van der Waals surface area contributed by atoms with Gasteiger partial charge in [-0.3, -0.25) is 18.6 Å². The minimum atomic E-state index is -4.40. The third-order valence-corrected chi connectivity index (χ3v) is 9.52. The van der Waals surface area contributed by atoms with Crippen molar-refractivity contribution in [3.05, 3.63) is 0 Å². The standard InChI is InChI=1S/C37H74NO8P/c1-3-5-7-9-11-13-14-15-16-17-18-19-20-22-23-25-27-29-36(40)38-31-32-45-47(42,43)46-34-35(39)33-44-37(41)30-28-26-24-21-12-10-8-6-4-2/h35,39H,3-34H2,1-2H3,(H,38,40)(H,42,43). The second-order valence-corrected chi connectivity index (χ2v) is 14.7. The normalized spacial score (nSPS) is 13.4. The van der Waals surface area contributed by atoms with E-state index in [9.17, 15) is 24.2 Å². The van der Waals surface area contributed by atoms with Crippen molar-refractivity contribution in [2.75, 3.05) is 26.4 Å². The highest BCUT2D eigenvalue weighted by atomic mass is 31.2. The number of rotatable bonds is 37. The Kier molecular flexibility index (Phi) is 34.1. The van der Waals surface area contributed by atoms with E-state index in [2.05, 4.69) is 19.2 Å². The van der Waals surface area contributed by atoms with E-state index in [1.807, 2.05) is 0 Å². The Morgan fingerprint density at radius 3 is 1.38 bits per heavy atom. The van der Waals surface area contributed by atoms with Crippen molar-refractivity contribution in [2.45, 2.75) is 200 Å². The molecule has 0 aromatic rings. The predicted molar refractivity (Wildman–Crippen MR) is 192 cm³/mol. The molecule has 0 aliphatic carbocycles. The Morgan fingerprint density at radius 1 is 0.574 bits per heavy atom. The number of aliphatic hydroxyl groups excluding tert-OH is 1. The molecule has 0 aromatic heterocycles. The smallest absolute Gasteiger partial charge is 0.463 e. The lowest BCUT2D eigenvalue weighted by atomic mass is 10.0. The van der Waals surface area contributed by atoms with E-state index in [0.29, 0.717) is 6.42 Å². The van der Waals surface area contributed by atoms with Crippen molar-refractivity contribution < 1.29 is 37.9 Å². The van der Waals surface area contributed by atoms with E-state index in [-0.39, 0.29) is 32.1 Å². The van der Waals surface area contributed by atoms with Crippen LogP contribution in [0.25, 0.3) is 0 Å². The Balaban J connectivity index is 3.56. The number of aliphatic hydroxyl groups is 1. The van der Waals surface area contributed by atoms with Gasteiger partial charge in [-0.05, 0) is 12.8 Å². The van der Waals surface area contributed by atoms with Crippen molar-refractivity contribution in [2.24, 2.45) is 0 Å². The van der Waals surface area contributed by atoms with Crippen LogP contribution in [0, 0.1) is 0 Å². The highest BCUT2D eigenvalue weighted by Gasteiger charge is 2.23. The molecule has 0 saturated carbocycles. The van der Waals surface area contributed by atoms with Gasteiger partial charge in [0.2, 0.25) is 5.91 Å². The fourth-order valence-corrected chi connectivity index (χ4v) is 6.31. The van der Waals surface area contributed by atoms with Gasteiger partial charge in [-0.2, -0.15) is 0 Å². The summed E-state index contributed by atoms with van der Waals surface area (Å²) in [5.41, 5.74) is 0. The van der Waals surface area contributed by atoms with Crippen LogP contribution in [0.4, 0.5) is 0 Å². The SMILES string of the molecule is CCCCCCCCCCCCCCCCCCCC(=O)NCCOP(=O)(O)OCC(O)COC(=O)CCCCCCCCCCC. The van der Waals surface area contributed by atoms with Crippen molar-refractivity contribution >= 4 is 19.7 Å². The number of ether oxygens (including phenoxy) is 1. The number of amides is 1. The summed E-state index contributed by atoms with van der Waals surface area (Å²) in [4.78, 5) is 33.7. The molecule has 2 unspecified atom stereocenters. The molecule has 0 rings (SSSR count). The van der Waals surface area contributed by atoms with Gasteiger partial charge in [0.1, 0.15) is 12.7 Å². The van der Waals surface area contributed by atoms with Crippen LogP contribution >= 0.6 is 7.82 Å². The zero-order valence-corrected chi connectivity index (χ0v) is 31.4. The average molecular weight is 692 g/mol. The number of unbranched alkanes of at least 4 members (excludes halogenated alkanes) is 24. The molecule has 2 atom stereocenters. The maximum Gasteiger partial charge on any atom is 0.472 e. The van der Waals surface area contributed by atoms with Crippen LogP contribution in [0.15, 0.2) is 0 Å². The van der Waals surface area contributed by atoms with Crippen molar-refractivity contribution in [1.29, 1.82) is 0 Å². The summed E-state index contributed by atoms with van der Waals surface area (Å²) in [6.45, 7) is 3.55. The van der Waals surface area contributed by atoms with Gasteiger partial charge in [0.25, 0.3) is 0 Å². The molecule has 9 nitrogen and oxygen atoms in total. The van der Waals surface area contributed by atoms with Gasteiger partial charge in [0, 0.05) is 19.4 Å². The van der Waals surface area contributed by atoms with Crippen LogP contribution in [0.1, 0.15) is 194 Å². The monoisotopic (exact) mass is 692 g/mol. The third-order valence-electron chi connectivity index (χ3n) is 8.54. The van der Waals surface area contributed by atoms with Crippen LogP contribution < -0.4 is 5.32 Å². The van der Waals surface area contributed by atoms with E-state index in [0.717, 1.165) is 38.5 Å². The molecule has 47 heavy (non-hydrogen) atoms. The number of nitrogens with one attached hydrogen (secondary N) is 1. The highest BCUT2D eigenvalue weighted by Crippen LogP contribution is 2.42. The summed E-state index contributed by atoms with van der Waals surface area (Å²) in [6, 6.07) is 0. The molecule has 0 radical (unpaired) electrons. The topological polar surface area (TPSA) is 131 Å². The minimum absolute atomic E-state index is 0.0880. The van der Waals surface area contributed by atoms with E-state index in [1.165, 1.54) is 128 Å². The van der Waals surface area contributed by atoms with E-state index in [1.54, 1.807) is 0 Å². The van der Waals surface area contributed by atoms with Gasteiger partial charge in [0.15, 0.2) is 0 Å². The summed E-state index contributed by atoms with van der Waals surface area (Å²) in [5, 5.41) is 12.6. The molecule has 10 heteroatoms. The van der Waals surface area contributed by atoms with Gasteiger partial charge < -0.3 is 20.1 Å². The summed E-state index contributed by atoms with van der Waals surface area (Å²) >= 11 is 0. The number of hydrogen-bond donors (Lipinski definition) is 3. The maximum atomic E-state index is 12.0. The second kappa shape index (κ2) is 34.9. The second-order valence-electron chi connectivity index (χ2n) is 13.3. The Labute approximate surface area is 288 Å². The first kappa shape index (κ1) is 46.0. The lowest BCUT2D eigenvalue weighted by molar-refractivity contribution is -0.147. The van der Waals surface area contributed by atoms with Gasteiger partial charge in [-0.1, -0.05) is 168 Å². The van der Waals surface area contributed by atoms with Crippen LogP contribution in [0.3, 0.4) is 0 Å². The number of esters is 1. The van der Waals surface area contributed by atoms with Crippen LogP contribution in [-0.2, 0) is 27.9 Å². The molecule has 0 spiro atoms. The molecular formula is C37H74NO8P. The zero-order chi connectivity index (χ0) is 34.7. The first-order valence-corrected chi connectivity index (χ1v) is 21.0. The Morgan fingerprint density at radius 2 is 0.957 bits per heavy atom. The summed E-state index contributed by atoms with van der Waals surface area (Å²) in [5.74, 6) is -0.510. The molecule has 0 fully saturated rings. The molecule has 0 aliphatic rings. The van der Waals surface area contributed by atoms with E-state index >= 15 is 0 Å². The number of hydrogen-bond acceptors (Lipinski definition) is 7. The Hall–Kier alpha value is -0.990. The van der Waals surface area contributed by atoms with Gasteiger partial charge in [-0.25, -0.2) is 4.57 Å². The largest absolute Gasteiger partial charge is 0.472 e. The first-order chi connectivity index (χ1) is 22.8.